The molecular weight excluding hydrogens is 276 g/mol. The van der Waals surface area contributed by atoms with E-state index < -0.39 is 0 Å². The zero-order chi connectivity index (χ0) is 15.1. The van der Waals surface area contributed by atoms with Gasteiger partial charge in [0.25, 0.3) is 11.8 Å². The van der Waals surface area contributed by atoms with E-state index in [0.29, 0.717) is 12.4 Å². The molecule has 0 saturated carbocycles. The molecule has 2 amide bonds. The fourth-order valence-corrected chi connectivity index (χ4v) is 1.65. The minimum atomic E-state index is -0.343. The van der Waals surface area contributed by atoms with Crippen molar-refractivity contribution in [2.75, 3.05) is 20.2 Å². The smallest absolute Gasteiger partial charge is 0.287 e. The molecular formula is C14H16N2O5. The van der Waals surface area contributed by atoms with Crippen molar-refractivity contribution in [3.63, 3.8) is 0 Å². The van der Waals surface area contributed by atoms with Gasteiger partial charge in [0.15, 0.2) is 11.5 Å². The van der Waals surface area contributed by atoms with E-state index in [2.05, 4.69) is 10.6 Å². The summed E-state index contributed by atoms with van der Waals surface area (Å²) in [5, 5.41) is 5.26. The van der Waals surface area contributed by atoms with Crippen molar-refractivity contribution in [2.45, 2.75) is 6.61 Å². The number of nitrogens with one attached hydrogen (secondary N) is 2. The Balaban J connectivity index is 1.70. The third-order valence-corrected chi connectivity index (χ3v) is 2.61. The maximum atomic E-state index is 11.8. The molecule has 21 heavy (non-hydrogen) atoms. The molecule has 2 rings (SSSR count). The van der Waals surface area contributed by atoms with E-state index in [4.69, 9.17) is 13.6 Å². The topological polar surface area (TPSA) is 93.7 Å². The Bertz CT molecular complexity index is 588. The normalized spacial score (nSPS) is 10.3. The molecule has 0 saturated heterocycles. The molecule has 7 nitrogen and oxygen atoms in total. The highest BCUT2D eigenvalue weighted by Gasteiger charge is 2.11. The SMILES string of the molecule is COCc1ccc(C(=O)NCCNC(=O)c2ccco2)o1. The van der Waals surface area contributed by atoms with E-state index >= 15 is 0 Å². The van der Waals surface area contributed by atoms with Crippen LogP contribution in [0.3, 0.4) is 0 Å². The second kappa shape index (κ2) is 7.30. The zero-order valence-electron chi connectivity index (χ0n) is 11.5. The summed E-state index contributed by atoms with van der Waals surface area (Å²) in [6.07, 6.45) is 1.42. The number of hydrogen-bond donors (Lipinski definition) is 2. The van der Waals surface area contributed by atoms with Crippen molar-refractivity contribution in [1.29, 1.82) is 0 Å². The summed E-state index contributed by atoms with van der Waals surface area (Å²) in [4.78, 5) is 23.3. The van der Waals surface area contributed by atoms with Gasteiger partial charge in [-0.15, -0.1) is 0 Å². The van der Waals surface area contributed by atoms with E-state index in [9.17, 15) is 9.59 Å². The van der Waals surface area contributed by atoms with Gasteiger partial charge < -0.3 is 24.2 Å². The van der Waals surface area contributed by atoms with Crippen molar-refractivity contribution < 1.29 is 23.2 Å². The molecule has 2 aromatic heterocycles. The molecule has 0 aromatic carbocycles. The minimum absolute atomic E-state index is 0.208. The van der Waals surface area contributed by atoms with Crippen LogP contribution in [0.15, 0.2) is 39.4 Å². The highest BCUT2D eigenvalue weighted by atomic mass is 16.5. The molecule has 0 fully saturated rings. The molecule has 0 bridgehead atoms. The summed E-state index contributed by atoms with van der Waals surface area (Å²) in [5.74, 6) is 0.351. The third-order valence-electron chi connectivity index (χ3n) is 2.61. The molecule has 0 aliphatic rings. The van der Waals surface area contributed by atoms with Gasteiger partial charge in [-0.25, -0.2) is 0 Å². The number of ether oxygens (including phenoxy) is 1. The van der Waals surface area contributed by atoms with E-state index in [-0.39, 0.29) is 36.4 Å². The van der Waals surface area contributed by atoms with Crippen molar-refractivity contribution in [3.8, 4) is 0 Å². The zero-order valence-corrected chi connectivity index (χ0v) is 11.5. The number of amides is 2. The first-order chi connectivity index (χ1) is 10.2. The van der Waals surface area contributed by atoms with Crippen LogP contribution in [0.25, 0.3) is 0 Å². The van der Waals surface area contributed by atoms with Crippen LogP contribution in [0.1, 0.15) is 26.9 Å². The van der Waals surface area contributed by atoms with Crippen LogP contribution < -0.4 is 10.6 Å². The van der Waals surface area contributed by atoms with E-state index in [1.54, 1.807) is 31.4 Å². The number of hydrogen-bond acceptors (Lipinski definition) is 5. The van der Waals surface area contributed by atoms with Crippen LogP contribution in [0, 0.1) is 0 Å². The molecule has 0 unspecified atom stereocenters. The molecule has 0 aliphatic heterocycles. The van der Waals surface area contributed by atoms with Crippen molar-refractivity contribution in [2.24, 2.45) is 0 Å². The molecule has 2 heterocycles. The molecule has 7 heteroatoms. The molecule has 0 atom stereocenters. The van der Waals surface area contributed by atoms with Gasteiger partial charge in [-0.3, -0.25) is 9.59 Å². The Morgan fingerprint density at radius 2 is 1.81 bits per heavy atom. The number of carbonyl (C=O) groups is 2. The third kappa shape index (κ3) is 4.22. The summed E-state index contributed by atoms with van der Waals surface area (Å²) in [7, 11) is 1.55. The van der Waals surface area contributed by atoms with Gasteiger partial charge in [0, 0.05) is 20.2 Å². The highest BCUT2D eigenvalue weighted by Crippen LogP contribution is 2.08. The number of rotatable bonds is 7. The minimum Gasteiger partial charge on any atom is -0.459 e. The Labute approximate surface area is 121 Å². The first kappa shape index (κ1) is 14.9. The second-order valence-electron chi connectivity index (χ2n) is 4.19. The Morgan fingerprint density at radius 3 is 2.43 bits per heavy atom. The van der Waals surface area contributed by atoms with Gasteiger partial charge in [0.05, 0.1) is 6.26 Å². The maximum absolute atomic E-state index is 11.8. The lowest BCUT2D eigenvalue weighted by atomic mass is 10.4. The summed E-state index contributed by atoms with van der Waals surface area (Å²) >= 11 is 0. The largest absolute Gasteiger partial charge is 0.459 e. The quantitative estimate of drug-likeness (QED) is 0.747. The molecule has 2 aromatic rings. The van der Waals surface area contributed by atoms with E-state index in [1.165, 1.54) is 6.26 Å². The lowest BCUT2D eigenvalue weighted by Crippen LogP contribution is -2.34. The monoisotopic (exact) mass is 292 g/mol. The predicted octanol–water partition coefficient (Wildman–Crippen LogP) is 1.18. The summed E-state index contributed by atoms with van der Waals surface area (Å²) < 4.78 is 15.1. The summed E-state index contributed by atoms with van der Waals surface area (Å²) in [5.41, 5.74) is 0. The number of methoxy groups -OCH3 is 1. The predicted molar refractivity (Wildman–Crippen MR) is 72.8 cm³/mol. The van der Waals surface area contributed by atoms with Gasteiger partial charge in [-0.05, 0) is 24.3 Å². The number of furan rings is 2. The van der Waals surface area contributed by atoms with Gasteiger partial charge in [-0.1, -0.05) is 0 Å². The van der Waals surface area contributed by atoms with Gasteiger partial charge in [-0.2, -0.15) is 0 Å². The van der Waals surface area contributed by atoms with Crippen LogP contribution in [0.2, 0.25) is 0 Å². The lowest BCUT2D eigenvalue weighted by Gasteiger charge is -2.04. The first-order valence-electron chi connectivity index (χ1n) is 6.38. The molecule has 112 valence electrons. The van der Waals surface area contributed by atoms with Gasteiger partial charge >= 0.3 is 0 Å². The first-order valence-corrected chi connectivity index (χ1v) is 6.38. The van der Waals surface area contributed by atoms with E-state index in [0.717, 1.165) is 0 Å². The average Bonchev–Trinajstić information content (AvgIpc) is 3.14. The Morgan fingerprint density at radius 1 is 1.10 bits per heavy atom. The highest BCUT2D eigenvalue weighted by molar-refractivity contribution is 5.92. The van der Waals surface area contributed by atoms with Crippen LogP contribution in [0.5, 0.6) is 0 Å². The lowest BCUT2D eigenvalue weighted by molar-refractivity contribution is 0.0895. The van der Waals surface area contributed by atoms with Crippen LogP contribution in [0.4, 0.5) is 0 Å². The van der Waals surface area contributed by atoms with E-state index in [1.807, 2.05) is 0 Å². The Hall–Kier alpha value is -2.54. The fourth-order valence-electron chi connectivity index (χ4n) is 1.65. The molecule has 0 aliphatic carbocycles. The Kier molecular flexibility index (Phi) is 5.16. The molecule has 0 radical (unpaired) electrons. The summed E-state index contributed by atoms with van der Waals surface area (Å²) in [6, 6.07) is 6.45. The van der Waals surface area contributed by atoms with Crippen LogP contribution in [-0.2, 0) is 11.3 Å². The molecule has 0 spiro atoms. The van der Waals surface area contributed by atoms with Crippen LogP contribution in [-0.4, -0.2) is 32.0 Å². The summed E-state index contributed by atoms with van der Waals surface area (Å²) in [6.45, 7) is 0.884. The maximum Gasteiger partial charge on any atom is 0.287 e. The van der Waals surface area contributed by atoms with Gasteiger partial charge in [0.2, 0.25) is 0 Å². The fraction of sp³-hybridized carbons (Fsp3) is 0.286. The molecule has 2 N–H and O–H groups in total. The standard InChI is InChI=1S/C14H16N2O5/c1-19-9-10-4-5-12(21-10)14(18)16-7-6-15-13(17)11-3-2-8-20-11/h2-5,8H,6-7,9H2,1H3,(H,15,17)(H,16,18). The average molecular weight is 292 g/mol. The van der Waals surface area contributed by atoms with Crippen LogP contribution >= 0.6 is 0 Å². The number of carbonyl (C=O) groups excluding carboxylic acids is 2. The van der Waals surface area contributed by atoms with Gasteiger partial charge in [0.1, 0.15) is 12.4 Å². The second-order valence-corrected chi connectivity index (χ2v) is 4.19. The van der Waals surface area contributed by atoms with Crippen molar-refractivity contribution in [3.05, 3.63) is 47.8 Å². The van der Waals surface area contributed by atoms with Crippen molar-refractivity contribution in [1.82, 2.24) is 10.6 Å². The van der Waals surface area contributed by atoms with Crippen molar-refractivity contribution >= 4 is 11.8 Å².